The molecule has 1 aromatic carbocycles. The number of nitrogens with zero attached hydrogens (tertiary/aromatic N) is 3. The number of hydrogen-bond donors (Lipinski definition) is 1. The second kappa shape index (κ2) is 5.29. The lowest BCUT2D eigenvalue weighted by molar-refractivity contribution is 0.624. The number of aryl methyl sites for hydroxylation is 1. The first-order valence-corrected chi connectivity index (χ1v) is 6.13. The lowest BCUT2D eigenvalue weighted by Crippen LogP contribution is -2.02. The van der Waals surface area contributed by atoms with Crippen molar-refractivity contribution in [3.8, 4) is 0 Å². The summed E-state index contributed by atoms with van der Waals surface area (Å²) in [4.78, 5) is 0. The van der Waals surface area contributed by atoms with Crippen molar-refractivity contribution in [1.29, 1.82) is 0 Å². The van der Waals surface area contributed by atoms with E-state index in [9.17, 15) is 4.39 Å². The van der Waals surface area contributed by atoms with Crippen LogP contribution >= 0.6 is 11.8 Å². The number of aromatic nitrogens is 3. The van der Waals surface area contributed by atoms with Crippen LogP contribution < -0.4 is 5.73 Å². The van der Waals surface area contributed by atoms with Crippen molar-refractivity contribution < 1.29 is 4.39 Å². The average Bonchev–Trinajstić information content (AvgIpc) is 2.73. The quantitative estimate of drug-likeness (QED) is 0.842. The van der Waals surface area contributed by atoms with Crippen LogP contribution in [0, 0.1) is 5.82 Å². The highest BCUT2D eigenvalue weighted by atomic mass is 32.2. The Morgan fingerprint density at radius 1 is 1.41 bits per heavy atom. The summed E-state index contributed by atoms with van der Waals surface area (Å²) in [6, 6.07) is 4.69. The van der Waals surface area contributed by atoms with E-state index in [1.165, 1.54) is 12.1 Å². The summed E-state index contributed by atoms with van der Waals surface area (Å²) in [7, 11) is 1.89. The van der Waals surface area contributed by atoms with Crippen LogP contribution in [-0.2, 0) is 19.3 Å². The zero-order chi connectivity index (χ0) is 12.3. The molecule has 0 saturated carbocycles. The van der Waals surface area contributed by atoms with E-state index in [1.807, 2.05) is 11.6 Å². The number of rotatable bonds is 4. The van der Waals surface area contributed by atoms with Gasteiger partial charge in [0.25, 0.3) is 0 Å². The zero-order valence-electron chi connectivity index (χ0n) is 9.43. The van der Waals surface area contributed by atoms with Crippen molar-refractivity contribution >= 4 is 11.8 Å². The second-order valence-corrected chi connectivity index (χ2v) is 4.57. The SMILES string of the molecule is Cn1cnnc1SCc1ccc(F)cc1CN. The Morgan fingerprint density at radius 2 is 2.24 bits per heavy atom. The van der Waals surface area contributed by atoms with Gasteiger partial charge in [-0.25, -0.2) is 4.39 Å². The van der Waals surface area contributed by atoms with Crippen molar-refractivity contribution in [3.63, 3.8) is 0 Å². The third kappa shape index (κ3) is 2.83. The summed E-state index contributed by atoms with van der Waals surface area (Å²) in [6.45, 7) is 0.340. The minimum atomic E-state index is -0.252. The maximum absolute atomic E-state index is 13.0. The van der Waals surface area contributed by atoms with E-state index in [4.69, 9.17) is 5.73 Å². The highest BCUT2D eigenvalue weighted by Gasteiger charge is 2.06. The minimum Gasteiger partial charge on any atom is -0.326 e. The summed E-state index contributed by atoms with van der Waals surface area (Å²) in [5.41, 5.74) is 7.45. The molecule has 0 spiro atoms. The largest absolute Gasteiger partial charge is 0.326 e. The molecule has 6 heteroatoms. The fourth-order valence-corrected chi connectivity index (χ4v) is 2.39. The molecular weight excluding hydrogens is 239 g/mol. The molecule has 4 nitrogen and oxygen atoms in total. The van der Waals surface area contributed by atoms with Gasteiger partial charge in [-0.1, -0.05) is 17.8 Å². The first kappa shape index (κ1) is 12.1. The van der Waals surface area contributed by atoms with Crippen molar-refractivity contribution in [2.75, 3.05) is 0 Å². The summed E-state index contributed by atoms with van der Waals surface area (Å²) < 4.78 is 14.9. The average molecular weight is 252 g/mol. The van der Waals surface area contributed by atoms with Crippen LogP contribution in [-0.4, -0.2) is 14.8 Å². The molecule has 0 atom stereocenters. The van der Waals surface area contributed by atoms with Gasteiger partial charge in [0.05, 0.1) is 0 Å². The smallest absolute Gasteiger partial charge is 0.191 e. The lowest BCUT2D eigenvalue weighted by Gasteiger charge is -2.07. The van der Waals surface area contributed by atoms with Crippen molar-refractivity contribution in [1.82, 2.24) is 14.8 Å². The minimum absolute atomic E-state index is 0.252. The first-order valence-electron chi connectivity index (χ1n) is 5.15. The maximum atomic E-state index is 13.0. The molecule has 17 heavy (non-hydrogen) atoms. The van der Waals surface area contributed by atoms with E-state index in [0.29, 0.717) is 12.3 Å². The van der Waals surface area contributed by atoms with Crippen molar-refractivity contribution in [3.05, 3.63) is 41.5 Å². The number of halogens is 1. The van der Waals surface area contributed by atoms with Crippen LogP contribution in [0.4, 0.5) is 4.39 Å². The molecule has 0 aliphatic rings. The zero-order valence-corrected chi connectivity index (χ0v) is 10.2. The van der Waals surface area contributed by atoms with E-state index in [2.05, 4.69) is 10.2 Å². The second-order valence-electron chi connectivity index (χ2n) is 3.63. The lowest BCUT2D eigenvalue weighted by atomic mass is 10.1. The third-order valence-electron chi connectivity index (χ3n) is 2.41. The van der Waals surface area contributed by atoms with Crippen LogP contribution in [0.25, 0.3) is 0 Å². The van der Waals surface area contributed by atoms with Crippen LogP contribution in [0.1, 0.15) is 11.1 Å². The van der Waals surface area contributed by atoms with Crippen LogP contribution in [0.2, 0.25) is 0 Å². The molecule has 0 radical (unpaired) electrons. The molecule has 2 N–H and O–H groups in total. The normalized spacial score (nSPS) is 10.8. The fraction of sp³-hybridized carbons (Fsp3) is 0.273. The summed E-state index contributed by atoms with van der Waals surface area (Å²) in [5, 5.41) is 8.60. The summed E-state index contributed by atoms with van der Waals surface area (Å²) in [6.07, 6.45) is 1.65. The van der Waals surface area contributed by atoms with E-state index in [0.717, 1.165) is 16.3 Å². The first-order chi connectivity index (χ1) is 8.20. The Hall–Kier alpha value is -1.40. The topological polar surface area (TPSA) is 56.7 Å². The fourth-order valence-electron chi connectivity index (χ4n) is 1.47. The predicted molar refractivity (Wildman–Crippen MR) is 64.9 cm³/mol. The Morgan fingerprint density at radius 3 is 2.88 bits per heavy atom. The molecule has 0 amide bonds. The molecule has 1 aromatic heterocycles. The highest BCUT2D eigenvalue weighted by Crippen LogP contribution is 2.22. The Balaban J connectivity index is 2.11. The maximum Gasteiger partial charge on any atom is 0.191 e. The van der Waals surface area contributed by atoms with E-state index < -0.39 is 0 Å². The molecule has 1 heterocycles. The van der Waals surface area contributed by atoms with Gasteiger partial charge in [0.2, 0.25) is 0 Å². The molecule has 0 aliphatic heterocycles. The van der Waals surface area contributed by atoms with Gasteiger partial charge in [-0.3, -0.25) is 0 Å². The van der Waals surface area contributed by atoms with Crippen molar-refractivity contribution in [2.24, 2.45) is 12.8 Å². The molecule has 0 bridgehead atoms. The van der Waals surface area contributed by atoms with Gasteiger partial charge >= 0.3 is 0 Å². The molecule has 0 saturated heterocycles. The van der Waals surface area contributed by atoms with Gasteiger partial charge in [-0.2, -0.15) is 0 Å². The van der Waals surface area contributed by atoms with Gasteiger partial charge < -0.3 is 10.3 Å². The van der Waals surface area contributed by atoms with Crippen LogP contribution in [0.3, 0.4) is 0 Å². The van der Waals surface area contributed by atoms with E-state index in [-0.39, 0.29) is 5.82 Å². The summed E-state index contributed by atoms with van der Waals surface area (Å²) >= 11 is 1.55. The van der Waals surface area contributed by atoms with Gasteiger partial charge in [-0.05, 0) is 23.3 Å². The summed E-state index contributed by atoms with van der Waals surface area (Å²) in [5.74, 6) is 0.456. The molecule has 2 aromatic rings. The predicted octanol–water partition coefficient (Wildman–Crippen LogP) is 1.71. The van der Waals surface area contributed by atoms with Gasteiger partial charge in [-0.15, -0.1) is 10.2 Å². The van der Waals surface area contributed by atoms with Gasteiger partial charge in [0, 0.05) is 19.3 Å². The number of hydrogen-bond acceptors (Lipinski definition) is 4. The molecular formula is C11H13FN4S. The number of thioether (sulfide) groups is 1. The van der Waals surface area contributed by atoms with E-state index >= 15 is 0 Å². The van der Waals surface area contributed by atoms with Gasteiger partial charge in [0.15, 0.2) is 5.16 Å². The van der Waals surface area contributed by atoms with E-state index in [1.54, 1.807) is 24.2 Å². The van der Waals surface area contributed by atoms with Gasteiger partial charge in [0.1, 0.15) is 12.1 Å². The highest BCUT2D eigenvalue weighted by molar-refractivity contribution is 7.98. The number of nitrogens with two attached hydrogens (primary N) is 1. The monoisotopic (exact) mass is 252 g/mol. The number of benzene rings is 1. The van der Waals surface area contributed by atoms with Crippen molar-refractivity contribution in [2.45, 2.75) is 17.5 Å². The Bertz CT molecular complexity index is 512. The molecule has 2 rings (SSSR count). The van der Waals surface area contributed by atoms with Crippen LogP contribution in [0.15, 0.2) is 29.7 Å². The molecule has 0 unspecified atom stereocenters. The molecule has 0 fully saturated rings. The molecule has 0 aliphatic carbocycles. The standard InChI is InChI=1S/C11H13FN4S/c1-16-7-14-15-11(16)17-6-8-2-3-10(12)4-9(8)5-13/h2-4,7H,5-6,13H2,1H3. The third-order valence-corrected chi connectivity index (χ3v) is 3.50. The Kier molecular flexibility index (Phi) is 3.75. The Labute approximate surface area is 103 Å². The van der Waals surface area contributed by atoms with Crippen LogP contribution in [0.5, 0.6) is 0 Å². The molecule has 90 valence electrons.